The number of nitrogens with zero attached hydrogens (tertiary/aromatic N) is 1. The molecule has 0 aromatic carbocycles. The van der Waals surface area contributed by atoms with E-state index in [9.17, 15) is 4.79 Å². The summed E-state index contributed by atoms with van der Waals surface area (Å²) in [6, 6.07) is 0. The maximum Gasteiger partial charge on any atom is 0.363 e. The fourth-order valence-corrected chi connectivity index (χ4v) is 1.39. The van der Waals surface area contributed by atoms with Crippen molar-refractivity contribution in [3.05, 3.63) is 12.7 Å². The van der Waals surface area contributed by atoms with Crippen LogP contribution in [0.15, 0.2) is 17.6 Å². The Morgan fingerprint density at radius 1 is 1.91 bits per heavy atom. The van der Waals surface area contributed by atoms with Gasteiger partial charge in [-0.3, -0.25) is 4.99 Å². The van der Waals surface area contributed by atoms with Crippen molar-refractivity contribution in [2.45, 2.75) is 0 Å². The van der Waals surface area contributed by atoms with Crippen LogP contribution in [0.4, 0.5) is 0 Å². The van der Waals surface area contributed by atoms with Gasteiger partial charge >= 0.3 is 5.97 Å². The van der Waals surface area contributed by atoms with Gasteiger partial charge in [-0.05, 0) is 0 Å². The molecule has 60 valence electrons. The zero-order valence-corrected chi connectivity index (χ0v) is 6.89. The molecule has 0 fully saturated rings. The topological polar surface area (TPSA) is 38.7 Å². The van der Waals surface area contributed by atoms with Gasteiger partial charge in [-0.25, -0.2) is 4.79 Å². The van der Waals surface area contributed by atoms with Crippen molar-refractivity contribution < 1.29 is 9.53 Å². The van der Waals surface area contributed by atoms with Gasteiger partial charge in [0.15, 0.2) is 5.04 Å². The molecule has 1 heterocycles. The number of thioether (sulfide) groups is 1. The molecule has 0 aromatic rings. The second kappa shape index (κ2) is 4.18. The smallest absolute Gasteiger partial charge is 0.363 e. The number of carbonyl (C=O) groups is 1. The highest BCUT2D eigenvalue weighted by Crippen LogP contribution is 2.12. The fourth-order valence-electron chi connectivity index (χ4n) is 0.655. The Bertz CT molecular complexity index is 201. The standard InChI is InChI=1S/C7H9NO2S/c1-2-4-10-7(9)6-8-3-5-11-6/h2H,1,3-5H2. The highest BCUT2D eigenvalue weighted by atomic mass is 32.2. The fraction of sp³-hybridized carbons (Fsp3) is 0.429. The third-order valence-corrected chi connectivity index (χ3v) is 2.05. The molecular weight excluding hydrogens is 162 g/mol. The van der Waals surface area contributed by atoms with Crippen LogP contribution in [0.5, 0.6) is 0 Å². The Labute approximate surface area is 69.5 Å². The number of ether oxygens (including phenoxy) is 1. The molecule has 4 heteroatoms. The summed E-state index contributed by atoms with van der Waals surface area (Å²) in [6.45, 7) is 4.42. The maximum absolute atomic E-state index is 11.0. The molecule has 0 N–H and O–H groups in total. The van der Waals surface area contributed by atoms with Gasteiger partial charge in [0.25, 0.3) is 0 Å². The Hall–Kier alpha value is -0.770. The molecular formula is C7H9NO2S. The minimum absolute atomic E-state index is 0.262. The molecule has 0 atom stereocenters. The number of hydrogen-bond donors (Lipinski definition) is 0. The predicted molar refractivity (Wildman–Crippen MR) is 45.9 cm³/mol. The van der Waals surface area contributed by atoms with Gasteiger partial charge in [-0.2, -0.15) is 0 Å². The van der Waals surface area contributed by atoms with E-state index in [4.69, 9.17) is 4.74 Å². The summed E-state index contributed by atoms with van der Waals surface area (Å²) >= 11 is 1.44. The first kappa shape index (κ1) is 8.33. The molecule has 0 aromatic heterocycles. The Kier molecular flexibility index (Phi) is 3.16. The molecule has 1 aliphatic heterocycles. The van der Waals surface area contributed by atoms with E-state index in [1.54, 1.807) is 0 Å². The number of hydrogen-bond acceptors (Lipinski definition) is 4. The SMILES string of the molecule is C=CCOC(=O)C1=NCCS1. The summed E-state index contributed by atoms with van der Waals surface area (Å²) in [4.78, 5) is 14.9. The normalized spacial score (nSPS) is 15.8. The Morgan fingerprint density at radius 2 is 2.73 bits per heavy atom. The van der Waals surface area contributed by atoms with Crippen molar-refractivity contribution in [3.8, 4) is 0 Å². The number of rotatable bonds is 3. The van der Waals surface area contributed by atoms with E-state index in [-0.39, 0.29) is 12.6 Å². The zero-order chi connectivity index (χ0) is 8.10. The first-order valence-corrected chi connectivity index (χ1v) is 4.28. The van der Waals surface area contributed by atoms with Crippen LogP contribution >= 0.6 is 11.8 Å². The van der Waals surface area contributed by atoms with Gasteiger partial charge in [0.2, 0.25) is 0 Å². The van der Waals surface area contributed by atoms with Gasteiger partial charge in [0.05, 0.1) is 0 Å². The highest BCUT2D eigenvalue weighted by Gasteiger charge is 2.16. The summed E-state index contributed by atoms with van der Waals surface area (Å²) in [6.07, 6.45) is 1.54. The summed E-state index contributed by atoms with van der Waals surface area (Å²) in [5.74, 6) is 0.561. The number of aliphatic imine (C=N–C) groups is 1. The van der Waals surface area contributed by atoms with Crippen LogP contribution in [0.2, 0.25) is 0 Å². The van der Waals surface area contributed by atoms with Gasteiger partial charge < -0.3 is 4.74 Å². The lowest BCUT2D eigenvalue weighted by molar-refractivity contribution is -0.134. The van der Waals surface area contributed by atoms with Crippen molar-refractivity contribution in [1.82, 2.24) is 0 Å². The van der Waals surface area contributed by atoms with E-state index in [0.29, 0.717) is 5.04 Å². The van der Waals surface area contributed by atoms with Gasteiger partial charge in [-0.15, -0.1) is 0 Å². The van der Waals surface area contributed by atoms with Gasteiger partial charge in [0.1, 0.15) is 6.61 Å². The van der Waals surface area contributed by atoms with Gasteiger partial charge in [0, 0.05) is 12.3 Å². The minimum atomic E-state index is -0.326. The molecule has 0 saturated heterocycles. The first-order valence-electron chi connectivity index (χ1n) is 3.30. The van der Waals surface area contributed by atoms with Crippen molar-refractivity contribution >= 4 is 22.8 Å². The molecule has 11 heavy (non-hydrogen) atoms. The first-order chi connectivity index (χ1) is 5.34. The van der Waals surface area contributed by atoms with Crippen molar-refractivity contribution in [2.75, 3.05) is 18.9 Å². The van der Waals surface area contributed by atoms with Crippen LogP contribution < -0.4 is 0 Å². The van der Waals surface area contributed by atoms with Gasteiger partial charge in [-0.1, -0.05) is 24.4 Å². The molecule has 3 nitrogen and oxygen atoms in total. The highest BCUT2D eigenvalue weighted by molar-refractivity contribution is 8.16. The van der Waals surface area contributed by atoms with Crippen LogP contribution in [-0.2, 0) is 9.53 Å². The quantitative estimate of drug-likeness (QED) is 0.467. The van der Waals surface area contributed by atoms with E-state index in [2.05, 4.69) is 11.6 Å². The molecule has 0 aliphatic carbocycles. The van der Waals surface area contributed by atoms with Crippen molar-refractivity contribution in [3.63, 3.8) is 0 Å². The molecule has 0 amide bonds. The molecule has 0 unspecified atom stereocenters. The lowest BCUT2D eigenvalue weighted by Crippen LogP contribution is -2.12. The van der Waals surface area contributed by atoms with E-state index in [0.717, 1.165) is 12.3 Å². The summed E-state index contributed by atoms with van der Waals surface area (Å²) in [7, 11) is 0. The number of esters is 1. The third-order valence-electron chi connectivity index (χ3n) is 1.09. The molecule has 0 radical (unpaired) electrons. The minimum Gasteiger partial charge on any atom is -0.456 e. The van der Waals surface area contributed by atoms with Crippen LogP contribution in [0.3, 0.4) is 0 Å². The van der Waals surface area contributed by atoms with E-state index >= 15 is 0 Å². The lowest BCUT2D eigenvalue weighted by atomic mass is 10.6. The molecule has 0 saturated carbocycles. The molecule has 1 rings (SSSR count). The van der Waals surface area contributed by atoms with E-state index < -0.39 is 0 Å². The largest absolute Gasteiger partial charge is 0.456 e. The summed E-state index contributed by atoms with van der Waals surface area (Å²) in [5, 5.41) is 0.492. The zero-order valence-electron chi connectivity index (χ0n) is 6.08. The molecule has 1 aliphatic rings. The number of carbonyl (C=O) groups excluding carboxylic acids is 1. The summed E-state index contributed by atoms with van der Waals surface area (Å²) < 4.78 is 4.77. The molecule has 0 spiro atoms. The molecule has 0 bridgehead atoms. The Balaban J connectivity index is 2.34. The maximum atomic E-state index is 11.0. The predicted octanol–water partition coefficient (Wildman–Crippen LogP) is 0.861. The van der Waals surface area contributed by atoms with Crippen LogP contribution in [0, 0.1) is 0 Å². The second-order valence-electron chi connectivity index (χ2n) is 1.92. The third kappa shape index (κ3) is 2.38. The second-order valence-corrected chi connectivity index (χ2v) is 3.01. The summed E-state index contributed by atoms with van der Waals surface area (Å²) in [5.41, 5.74) is 0. The lowest BCUT2D eigenvalue weighted by Gasteiger charge is -1.98. The average molecular weight is 171 g/mol. The average Bonchev–Trinajstić information content (AvgIpc) is 2.52. The van der Waals surface area contributed by atoms with Crippen molar-refractivity contribution in [1.29, 1.82) is 0 Å². The monoisotopic (exact) mass is 171 g/mol. The van der Waals surface area contributed by atoms with Crippen LogP contribution in [0.1, 0.15) is 0 Å². The van der Waals surface area contributed by atoms with Crippen LogP contribution in [-0.4, -0.2) is 29.9 Å². The van der Waals surface area contributed by atoms with E-state index in [1.807, 2.05) is 0 Å². The van der Waals surface area contributed by atoms with E-state index in [1.165, 1.54) is 17.8 Å². The van der Waals surface area contributed by atoms with Crippen molar-refractivity contribution in [2.24, 2.45) is 4.99 Å². The Morgan fingerprint density at radius 3 is 3.27 bits per heavy atom. The van der Waals surface area contributed by atoms with Crippen LogP contribution in [0.25, 0.3) is 0 Å².